The quantitative estimate of drug-likeness (QED) is 0.417. The van der Waals surface area contributed by atoms with E-state index in [2.05, 4.69) is 4.84 Å². The first-order valence-electron chi connectivity index (χ1n) is 2.96. The van der Waals surface area contributed by atoms with Gasteiger partial charge in [0.15, 0.2) is 0 Å². The Bertz CT molecular complexity index is 255. The highest BCUT2D eigenvalue weighted by Crippen LogP contribution is 2.39. The van der Waals surface area contributed by atoms with Gasteiger partial charge in [0.1, 0.15) is 0 Å². The van der Waals surface area contributed by atoms with Crippen LogP contribution < -0.4 is 0 Å². The molecule has 0 aromatic heterocycles. The fraction of sp³-hybridized carbons (Fsp3) is 0.750. The number of alkyl halides is 6. The van der Waals surface area contributed by atoms with Crippen LogP contribution in [0.3, 0.4) is 0 Å². The van der Waals surface area contributed by atoms with Crippen LogP contribution in [-0.4, -0.2) is 23.4 Å². The van der Waals surface area contributed by atoms with Crippen molar-refractivity contribution in [3.05, 3.63) is 10.1 Å². The maximum absolute atomic E-state index is 11.7. The Morgan fingerprint density at radius 2 is 1.47 bits per heavy atom. The number of carbonyl (C=O) groups is 1. The van der Waals surface area contributed by atoms with E-state index in [1.165, 1.54) is 0 Å². The molecule has 0 aromatic carbocycles. The molecule has 0 aromatic rings. The summed E-state index contributed by atoms with van der Waals surface area (Å²) in [6, 6.07) is 0. The average molecular weight is 241 g/mol. The number of halogens is 6. The Balaban J connectivity index is 4.98. The maximum Gasteiger partial charge on any atom is 0.409 e. The first-order chi connectivity index (χ1) is 6.46. The summed E-state index contributed by atoms with van der Waals surface area (Å²) < 4.78 is 70.0. The van der Waals surface area contributed by atoms with Crippen LogP contribution in [0.5, 0.6) is 0 Å². The largest absolute Gasteiger partial charge is 0.409 e. The van der Waals surface area contributed by atoms with Gasteiger partial charge in [0, 0.05) is 0 Å². The minimum atomic E-state index is -5.99. The predicted octanol–water partition coefficient (Wildman–Crippen LogP) is 1.46. The number of rotatable bonds is 2. The van der Waals surface area contributed by atoms with Crippen LogP contribution in [0.1, 0.15) is 0 Å². The fourth-order valence-electron chi connectivity index (χ4n) is 0.579. The van der Waals surface area contributed by atoms with Gasteiger partial charge in [0.05, 0.1) is 0 Å². The van der Waals surface area contributed by atoms with Gasteiger partial charge in [-0.05, 0) is 0 Å². The lowest BCUT2D eigenvalue weighted by Crippen LogP contribution is -2.43. The Hall–Kier alpha value is -1.55. The molecule has 0 rings (SSSR count). The minimum absolute atomic E-state index is 2.05. The van der Waals surface area contributed by atoms with Crippen LogP contribution in [0.25, 0.3) is 0 Å². The van der Waals surface area contributed by atoms with Crippen LogP contribution >= 0.6 is 0 Å². The molecule has 88 valence electrons. The van der Waals surface area contributed by atoms with E-state index in [1.54, 1.807) is 0 Å². The van der Waals surface area contributed by atoms with Crippen molar-refractivity contribution in [1.29, 1.82) is 0 Å². The second-order valence-corrected chi connectivity index (χ2v) is 2.15. The van der Waals surface area contributed by atoms with Gasteiger partial charge >= 0.3 is 23.4 Å². The van der Waals surface area contributed by atoms with Gasteiger partial charge in [-0.1, -0.05) is 0 Å². The smallest absolute Gasteiger partial charge is 0.267 e. The third kappa shape index (κ3) is 3.99. The molecule has 0 amide bonds. The Morgan fingerprint density at radius 1 is 1.13 bits per heavy atom. The average Bonchev–Trinajstić information content (AvgIpc) is 1.74. The van der Waals surface area contributed by atoms with Crippen LogP contribution in [0.15, 0.2) is 0 Å². The molecule has 0 saturated heterocycles. The molecule has 5 nitrogen and oxygen atoms in total. The molecule has 0 fully saturated rings. The zero-order valence-electron chi connectivity index (χ0n) is 6.43. The van der Waals surface area contributed by atoms with E-state index < -0.39 is 29.3 Å². The van der Waals surface area contributed by atoms with Crippen molar-refractivity contribution in [3.8, 4) is 0 Å². The van der Waals surface area contributed by atoms with Crippen molar-refractivity contribution < 1.29 is 41.1 Å². The number of carbonyl (C=O) groups excluding carboxylic acids is 1. The molecule has 0 aliphatic heterocycles. The van der Waals surface area contributed by atoms with Crippen molar-refractivity contribution in [2.24, 2.45) is 5.92 Å². The van der Waals surface area contributed by atoms with Gasteiger partial charge in [-0.3, -0.25) is 4.79 Å². The summed E-state index contributed by atoms with van der Waals surface area (Å²) in [4.78, 5) is 22.1. The van der Waals surface area contributed by atoms with Crippen molar-refractivity contribution >= 4 is 5.97 Å². The summed E-state index contributed by atoms with van der Waals surface area (Å²) in [6.45, 7) is 0. The van der Waals surface area contributed by atoms with Gasteiger partial charge in [-0.25, -0.2) is 4.84 Å². The first kappa shape index (κ1) is 13.4. The normalized spacial score (nSPS) is 12.7. The van der Waals surface area contributed by atoms with Gasteiger partial charge in [0.25, 0.3) is 0 Å². The molecule has 0 atom stereocenters. The zero-order chi connectivity index (χ0) is 12.4. The highest BCUT2D eigenvalue weighted by Gasteiger charge is 2.62. The Labute approximate surface area is 76.7 Å². The van der Waals surface area contributed by atoms with Crippen LogP contribution in [-0.2, 0) is 9.63 Å². The monoisotopic (exact) mass is 241 g/mol. The van der Waals surface area contributed by atoms with E-state index in [0.29, 0.717) is 0 Å². The molecule has 0 N–H and O–H groups in total. The minimum Gasteiger partial charge on any atom is -0.267 e. The molecular formula is C4HF6NO4. The highest BCUT2D eigenvalue weighted by atomic mass is 19.4. The van der Waals surface area contributed by atoms with Gasteiger partial charge < -0.3 is 0 Å². The zero-order valence-corrected chi connectivity index (χ0v) is 6.43. The van der Waals surface area contributed by atoms with Crippen LogP contribution in [0, 0.1) is 16.0 Å². The summed E-state index contributed by atoms with van der Waals surface area (Å²) in [5.41, 5.74) is 0. The SMILES string of the molecule is O=C(O[N+](=O)[O-])C(C(F)(F)F)C(F)(F)F. The van der Waals surface area contributed by atoms with Crippen LogP contribution in [0.4, 0.5) is 26.3 Å². The lowest BCUT2D eigenvalue weighted by atomic mass is 10.1. The molecule has 0 aliphatic carbocycles. The third-order valence-electron chi connectivity index (χ3n) is 1.05. The summed E-state index contributed by atoms with van der Waals surface area (Å²) in [6.07, 6.45) is -12.0. The Morgan fingerprint density at radius 3 is 1.67 bits per heavy atom. The summed E-state index contributed by atoms with van der Waals surface area (Å²) in [7, 11) is 0. The third-order valence-corrected chi connectivity index (χ3v) is 1.05. The lowest BCUT2D eigenvalue weighted by Gasteiger charge is -2.19. The predicted molar refractivity (Wildman–Crippen MR) is 28.7 cm³/mol. The van der Waals surface area contributed by atoms with Crippen molar-refractivity contribution in [1.82, 2.24) is 0 Å². The van der Waals surface area contributed by atoms with Gasteiger partial charge in [0.2, 0.25) is 5.92 Å². The molecule has 11 heteroatoms. The van der Waals surface area contributed by atoms with E-state index in [-0.39, 0.29) is 0 Å². The maximum atomic E-state index is 11.7. The summed E-state index contributed by atoms with van der Waals surface area (Å²) in [5, 5.41) is 7.35. The second-order valence-electron chi connectivity index (χ2n) is 2.15. The number of nitrogens with zero attached hydrogens (tertiary/aromatic N) is 1. The highest BCUT2D eigenvalue weighted by molar-refractivity contribution is 5.73. The molecule has 0 spiro atoms. The second kappa shape index (κ2) is 3.90. The number of hydrogen-bond donors (Lipinski definition) is 0. The Kier molecular flexibility index (Phi) is 3.50. The standard InChI is InChI=1S/C4HF6NO4/c5-3(6,7)1(4(8,9)10)2(12)15-11(13)14/h1H. The van der Waals surface area contributed by atoms with Crippen molar-refractivity contribution in [2.75, 3.05) is 0 Å². The lowest BCUT2D eigenvalue weighted by molar-refractivity contribution is -0.731. The number of hydrogen-bond acceptors (Lipinski definition) is 4. The van der Waals surface area contributed by atoms with E-state index in [0.717, 1.165) is 0 Å². The summed E-state index contributed by atoms with van der Waals surface area (Å²) in [5.74, 6) is -7.55. The molecule has 0 bridgehead atoms. The molecular weight excluding hydrogens is 240 g/mol. The first-order valence-corrected chi connectivity index (χ1v) is 2.96. The molecule has 15 heavy (non-hydrogen) atoms. The fourth-order valence-corrected chi connectivity index (χ4v) is 0.579. The molecule has 0 aliphatic rings. The van der Waals surface area contributed by atoms with Gasteiger partial charge in [-0.2, -0.15) is 26.3 Å². The molecule has 0 radical (unpaired) electrons. The van der Waals surface area contributed by atoms with Crippen molar-refractivity contribution in [3.63, 3.8) is 0 Å². The van der Waals surface area contributed by atoms with E-state index in [4.69, 9.17) is 0 Å². The van der Waals surface area contributed by atoms with E-state index >= 15 is 0 Å². The van der Waals surface area contributed by atoms with E-state index in [9.17, 15) is 41.3 Å². The molecule has 0 unspecified atom stereocenters. The summed E-state index contributed by atoms with van der Waals surface area (Å²) >= 11 is 0. The van der Waals surface area contributed by atoms with E-state index in [1.807, 2.05) is 0 Å². The molecule has 0 heterocycles. The topological polar surface area (TPSA) is 69.4 Å². The van der Waals surface area contributed by atoms with Gasteiger partial charge in [-0.15, -0.1) is 10.1 Å². The molecule has 0 saturated carbocycles. The van der Waals surface area contributed by atoms with Crippen LogP contribution in [0.2, 0.25) is 0 Å². The van der Waals surface area contributed by atoms with Crippen molar-refractivity contribution in [2.45, 2.75) is 12.4 Å².